The molecule has 0 aliphatic carbocycles. The van der Waals surface area contributed by atoms with Crippen molar-refractivity contribution in [3.63, 3.8) is 0 Å². The minimum atomic E-state index is -0.142. The average molecular weight is 205 g/mol. The van der Waals surface area contributed by atoms with Crippen molar-refractivity contribution in [2.24, 2.45) is 5.73 Å². The van der Waals surface area contributed by atoms with Crippen molar-refractivity contribution in [2.45, 2.75) is 32.2 Å². The Bertz CT molecular complexity index is 142. The summed E-state index contributed by atoms with van der Waals surface area (Å²) in [5.41, 5.74) is 5.80. The van der Waals surface area contributed by atoms with Gasteiger partial charge >= 0.3 is 5.97 Å². The van der Waals surface area contributed by atoms with Gasteiger partial charge in [-0.2, -0.15) is 11.8 Å². The summed E-state index contributed by atoms with van der Waals surface area (Å²) in [6.45, 7) is 2.12. The molecule has 0 fully saturated rings. The lowest BCUT2D eigenvalue weighted by molar-refractivity contribution is -0.140. The Labute approximate surface area is 84.4 Å². The number of carbonyl (C=O) groups excluding carboxylic acids is 1. The molecule has 0 saturated heterocycles. The number of carbonyl (C=O) groups is 1. The minimum Gasteiger partial charge on any atom is -0.469 e. The predicted octanol–water partition coefficient (Wildman–Crippen LogP) is 1.41. The molecule has 0 spiro atoms. The van der Waals surface area contributed by atoms with E-state index in [4.69, 9.17) is 5.73 Å². The first-order valence-electron chi connectivity index (χ1n) is 4.60. The molecule has 13 heavy (non-hydrogen) atoms. The maximum atomic E-state index is 10.7. The molecular weight excluding hydrogens is 186 g/mol. The van der Waals surface area contributed by atoms with Crippen LogP contribution in [0.4, 0.5) is 0 Å². The third-order valence-electron chi connectivity index (χ3n) is 1.67. The van der Waals surface area contributed by atoms with Gasteiger partial charge in [-0.25, -0.2) is 0 Å². The van der Waals surface area contributed by atoms with Crippen LogP contribution in [-0.2, 0) is 9.53 Å². The van der Waals surface area contributed by atoms with Crippen LogP contribution in [0, 0.1) is 0 Å². The van der Waals surface area contributed by atoms with Gasteiger partial charge in [-0.1, -0.05) is 13.3 Å². The highest BCUT2D eigenvalue weighted by atomic mass is 32.2. The Morgan fingerprint density at radius 2 is 2.31 bits per heavy atom. The van der Waals surface area contributed by atoms with E-state index in [1.54, 1.807) is 11.8 Å². The van der Waals surface area contributed by atoms with E-state index >= 15 is 0 Å². The van der Waals surface area contributed by atoms with Gasteiger partial charge in [-0.3, -0.25) is 4.79 Å². The first-order chi connectivity index (χ1) is 6.20. The Balaban J connectivity index is 3.20. The van der Waals surface area contributed by atoms with Crippen molar-refractivity contribution in [2.75, 3.05) is 18.6 Å². The third-order valence-corrected chi connectivity index (χ3v) is 2.83. The topological polar surface area (TPSA) is 52.3 Å². The zero-order chi connectivity index (χ0) is 10.1. The Hall–Kier alpha value is -0.220. The van der Waals surface area contributed by atoms with Gasteiger partial charge in [0.05, 0.1) is 13.5 Å². The summed E-state index contributed by atoms with van der Waals surface area (Å²) in [6.07, 6.45) is 2.67. The number of rotatable bonds is 7. The average Bonchev–Trinajstić information content (AvgIpc) is 2.12. The number of methoxy groups -OCH3 is 1. The molecule has 0 aliphatic rings. The maximum absolute atomic E-state index is 10.7. The highest BCUT2D eigenvalue weighted by molar-refractivity contribution is 7.99. The first-order valence-corrected chi connectivity index (χ1v) is 5.76. The van der Waals surface area contributed by atoms with Crippen LogP contribution < -0.4 is 5.73 Å². The van der Waals surface area contributed by atoms with E-state index in [2.05, 4.69) is 11.7 Å². The number of hydrogen-bond donors (Lipinski definition) is 1. The fourth-order valence-corrected chi connectivity index (χ4v) is 1.89. The molecule has 2 N–H and O–H groups in total. The number of thioether (sulfide) groups is 1. The fourth-order valence-electron chi connectivity index (χ4n) is 0.946. The van der Waals surface area contributed by atoms with Gasteiger partial charge in [-0.05, 0) is 6.42 Å². The zero-order valence-corrected chi connectivity index (χ0v) is 9.23. The molecule has 0 rings (SSSR count). The normalized spacial score (nSPS) is 12.5. The molecule has 0 aromatic rings. The van der Waals surface area contributed by atoms with Crippen LogP contribution in [0.3, 0.4) is 0 Å². The molecule has 0 saturated carbocycles. The SMILES string of the molecule is CCCC(N)CSCCC(=O)OC. The van der Waals surface area contributed by atoms with Crippen LogP contribution in [0.5, 0.6) is 0 Å². The van der Waals surface area contributed by atoms with Crippen molar-refractivity contribution >= 4 is 17.7 Å². The van der Waals surface area contributed by atoms with E-state index in [1.807, 2.05) is 0 Å². The van der Waals surface area contributed by atoms with E-state index < -0.39 is 0 Å². The molecule has 78 valence electrons. The van der Waals surface area contributed by atoms with Crippen LogP contribution >= 0.6 is 11.8 Å². The third kappa shape index (κ3) is 8.12. The van der Waals surface area contributed by atoms with E-state index in [9.17, 15) is 4.79 Å². The van der Waals surface area contributed by atoms with Crippen LogP contribution in [0.1, 0.15) is 26.2 Å². The van der Waals surface area contributed by atoms with Crippen LogP contribution in [0.25, 0.3) is 0 Å². The number of hydrogen-bond acceptors (Lipinski definition) is 4. The molecule has 0 bridgehead atoms. The molecule has 4 heteroatoms. The number of esters is 1. The summed E-state index contributed by atoms with van der Waals surface area (Å²) < 4.78 is 4.52. The summed E-state index contributed by atoms with van der Waals surface area (Å²) in [7, 11) is 1.41. The predicted molar refractivity (Wildman–Crippen MR) is 56.8 cm³/mol. The second kappa shape index (κ2) is 8.38. The second-order valence-electron chi connectivity index (χ2n) is 2.95. The molecule has 0 radical (unpaired) electrons. The van der Waals surface area contributed by atoms with E-state index in [-0.39, 0.29) is 12.0 Å². The summed E-state index contributed by atoms with van der Waals surface area (Å²) in [5.74, 6) is 1.60. The van der Waals surface area contributed by atoms with E-state index in [0.717, 1.165) is 24.3 Å². The molecule has 0 aromatic carbocycles. The van der Waals surface area contributed by atoms with Crippen molar-refractivity contribution in [3.05, 3.63) is 0 Å². The van der Waals surface area contributed by atoms with Gasteiger partial charge < -0.3 is 10.5 Å². The van der Waals surface area contributed by atoms with Crippen molar-refractivity contribution in [1.29, 1.82) is 0 Å². The maximum Gasteiger partial charge on any atom is 0.306 e. The van der Waals surface area contributed by atoms with E-state index in [0.29, 0.717) is 6.42 Å². The molecule has 0 aliphatic heterocycles. The van der Waals surface area contributed by atoms with Gasteiger partial charge in [0.1, 0.15) is 0 Å². The summed E-state index contributed by atoms with van der Waals surface area (Å²) in [4.78, 5) is 10.7. The van der Waals surface area contributed by atoms with Crippen molar-refractivity contribution < 1.29 is 9.53 Å². The molecule has 0 aromatic heterocycles. The van der Waals surface area contributed by atoms with Gasteiger partial charge in [0.2, 0.25) is 0 Å². The quantitative estimate of drug-likeness (QED) is 0.504. The minimum absolute atomic E-state index is 0.142. The standard InChI is InChI=1S/C9H19NO2S/c1-3-4-8(10)7-13-6-5-9(11)12-2/h8H,3-7,10H2,1-2H3. The van der Waals surface area contributed by atoms with Crippen LogP contribution in [-0.4, -0.2) is 30.6 Å². The highest BCUT2D eigenvalue weighted by Crippen LogP contribution is 2.07. The fraction of sp³-hybridized carbons (Fsp3) is 0.889. The Morgan fingerprint density at radius 1 is 1.62 bits per heavy atom. The van der Waals surface area contributed by atoms with Gasteiger partial charge in [0.25, 0.3) is 0 Å². The molecule has 0 heterocycles. The summed E-state index contributed by atoms with van der Waals surface area (Å²) in [6, 6.07) is 0.271. The second-order valence-corrected chi connectivity index (χ2v) is 4.10. The highest BCUT2D eigenvalue weighted by Gasteiger charge is 2.03. The lowest BCUT2D eigenvalue weighted by Crippen LogP contribution is -2.22. The smallest absolute Gasteiger partial charge is 0.306 e. The zero-order valence-electron chi connectivity index (χ0n) is 8.41. The summed E-state index contributed by atoms with van der Waals surface area (Å²) >= 11 is 1.72. The molecule has 1 atom stereocenters. The Kier molecular flexibility index (Phi) is 8.24. The van der Waals surface area contributed by atoms with Crippen molar-refractivity contribution in [1.82, 2.24) is 0 Å². The molecule has 0 amide bonds. The van der Waals surface area contributed by atoms with E-state index in [1.165, 1.54) is 7.11 Å². The molecular formula is C9H19NO2S. The molecule has 3 nitrogen and oxygen atoms in total. The molecule has 1 unspecified atom stereocenters. The van der Waals surface area contributed by atoms with Gasteiger partial charge in [0.15, 0.2) is 0 Å². The number of nitrogens with two attached hydrogens (primary N) is 1. The first kappa shape index (κ1) is 12.8. The monoisotopic (exact) mass is 205 g/mol. The lowest BCUT2D eigenvalue weighted by Gasteiger charge is -2.08. The number of ether oxygens (including phenoxy) is 1. The van der Waals surface area contributed by atoms with Gasteiger partial charge in [0, 0.05) is 17.5 Å². The largest absolute Gasteiger partial charge is 0.469 e. The van der Waals surface area contributed by atoms with Gasteiger partial charge in [-0.15, -0.1) is 0 Å². The Morgan fingerprint density at radius 3 is 2.85 bits per heavy atom. The van der Waals surface area contributed by atoms with Crippen LogP contribution in [0.2, 0.25) is 0 Å². The van der Waals surface area contributed by atoms with Crippen molar-refractivity contribution in [3.8, 4) is 0 Å². The van der Waals surface area contributed by atoms with Crippen LogP contribution in [0.15, 0.2) is 0 Å². The summed E-state index contributed by atoms with van der Waals surface area (Å²) in [5, 5.41) is 0. The lowest BCUT2D eigenvalue weighted by atomic mass is 10.2.